The summed E-state index contributed by atoms with van der Waals surface area (Å²) in [5.41, 5.74) is 2.23. The molecule has 3 aromatic rings. The van der Waals surface area contributed by atoms with Crippen LogP contribution in [0.5, 0.6) is 0 Å². The van der Waals surface area contributed by atoms with Gasteiger partial charge in [0.1, 0.15) is 5.82 Å². The predicted molar refractivity (Wildman–Crippen MR) is 90.6 cm³/mol. The van der Waals surface area contributed by atoms with Crippen molar-refractivity contribution in [1.29, 1.82) is 0 Å². The average Bonchev–Trinajstić information content (AvgIpc) is 3.07. The van der Waals surface area contributed by atoms with Crippen molar-refractivity contribution in [3.05, 3.63) is 54.4 Å². The topological polar surface area (TPSA) is 63.9 Å². The Hall–Kier alpha value is -2.76. The molecule has 1 aromatic carbocycles. The van der Waals surface area contributed by atoms with E-state index in [0.717, 1.165) is 36.2 Å². The van der Waals surface area contributed by atoms with E-state index < -0.39 is 0 Å². The first kappa shape index (κ1) is 14.8. The van der Waals surface area contributed by atoms with Crippen LogP contribution in [0.15, 0.2) is 43.0 Å². The Bertz CT molecular complexity index is 888. The van der Waals surface area contributed by atoms with Crippen LogP contribution in [0.3, 0.4) is 0 Å². The molecule has 6 nitrogen and oxygen atoms in total. The number of likely N-dealkylation sites (tertiary alicyclic amines) is 1. The molecule has 1 fully saturated rings. The number of carbonyl (C=O) groups excluding carboxylic acids is 1. The van der Waals surface area contributed by atoms with Crippen LogP contribution in [0.25, 0.3) is 11.0 Å². The van der Waals surface area contributed by atoms with Crippen LogP contribution in [0.4, 0.5) is 0 Å². The van der Waals surface area contributed by atoms with Crippen LogP contribution in [0.2, 0.25) is 0 Å². The maximum atomic E-state index is 12.9. The maximum absolute atomic E-state index is 12.9. The predicted octanol–water partition coefficient (Wildman–Crippen LogP) is 2.38. The number of piperidine rings is 1. The highest BCUT2D eigenvalue weighted by atomic mass is 16.2. The quantitative estimate of drug-likeness (QED) is 0.727. The van der Waals surface area contributed by atoms with Crippen LogP contribution < -0.4 is 0 Å². The number of amides is 1. The molecule has 0 aliphatic carbocycles. The van der Waals surface area contributed by atoms with Gasteiger partial charge in [-0.15, -0.1) is 0 Å². The van der Waals surface area contributed by atoms with E-state index in [1.807, 2.05) is 47.1 Å². The third-order valence-electron chi connectivity index (χ3n) is 4.65. The first-order chi connectivity index (χ1) is 11.7. The Balaban J connectivity index is 1.57. The summed E-state index contributed by atoms with van der Waals surface area (Å²) in [5.74, 6) is 1.40. The van der Waals surface area contributed by atoms with Crippen molar-refractivity contribution in [2.45, 2.75) is 18.8 Å². The number of benzene rings is 1. The van der Waals surface area contributed by atoms with Gasteiger partial charge in [0, 0.05) is 56.4 Å². The molecular formula is C18H19N5O. The van der Waals surface area contributed by atoms with Crippen molar-refractivity contribution in [3.8, 4) is 0 Å². The molecule has 24 heavy (non-hydrogen) atoms. The Morgan fingerprint density at radius 2 is 1.96 bits per heavy atom. The number of carbonyl (C=O) groups is 1. The second-order valence-corrected chi connectivity index (χ2v) is 6.25. The van der Waals surface area contributed by atoms with Crippen LogP contribution in [-0.2, 0) is 7.05 Å². The van der Waals surface area contributed by atoms with Crippen LogP contribution in [0.1, 0.15) is 34.9 Å². The van der Waals surface area contributed by atoms with Crippen molar-refractivity contribution in [2.75, 3.05) is 13.1 Å². The minimum atomic E-state index is 0.0569. The molecule has 3 heterocycles. The molecule has 122 valence electrons. The second-order valence-electron chi connectivity index (χ2n) is 6.25. The number of aryl methyl sites for hydroxylation is 1. The van der Waals surface area contributed by atoms with Crippen molar-refractivity contribution in [3.63, 3.8) is 0 Å². The summed E-state index contributed by atoms with van der Waals surface area (Å²) in [4.78, 5) is 27.8. The molecule has 0 bridgehead atoms. The van der Waals surface area contributed by atoms with Crippen LogP contribution in [0, 0.1) is 0 Å². The van der Waals surface area contributed by atoms with Gasteiger partial charge in [0.05, 0.1) is 11.0 Å². The lowest BCUT2D eigenvalue weighted by Gasteiger charge is -2.32. The van der Waals surface area contributed by atoms with Gasteiger partial charge < -0.3 is 9.47 Å². The van der Waals surface area contributed by atoms with Gasteiger partial charge in [0.2, 0.25) is 0 Å². The van der Waals surface area contributed by atoms with Crippen molar-refractivity contribution >= 4 is 16.9 Å². The zero-order valence-corrected chi connectivity index (χ0v) is 13.6. The van der Waals surface area contributed by atoms with Gasteiger partial charge in [0.15, 0.2) is 0 Å². The fourth-order valence-corrected chi connectivity index (χ4v) is 3.42. The highest BCUT2D eigenvalue weighted by Gasteiger charge is 2.27. The molecule has 1 amide bonds. The maximum Gasteiger partial charge on any atom is 0.253 e. The molecule has 2 aromatic heterocycles. The minimum Gasteiger partial charge on any atom is -0.338 e. The molecular weight excluding hydrogens is 302 g/mol. The van der Waals surface area contributed by atoms with Gasteiger partial charge in [-0.3, -0.25) is 14.8 Å². The van der Waals surface area contributed by atoms with E-state index in [1.165, 1.54) is 0 Å². The monoisotopic (exact) mass is 321 g/mol. The molecule has 6 heteroatoms. The number of hydrogen-bond acceptors (Lipinski definition) is 4. The smallest absolute Gasteiger partial charge is 0.253 e. The standard InChI is InChI=1S/C18H19N5O/c1-22-10-8-21-17(22)14-3-2-9-23(12-14)18(24)13-4-5-15-16(11-13)20-7-6-19-15/h4-8,10-11,14H,2-3,9,12H2,1H3/t14-/m0/s1. The average molecular weight is 321 g/mol. The molecule has 1 saturated heterocycles. The number of rotatable bonds is 2. The zero-order valence-electron chi connectivity index (χ0n) is 13.6. The van der Waals surface area contributed by atoms with Gasteiger partial charge in [-0.1, -0.05) is 0 Å². The fraction of sp³-hybridized carbons (Fsp3) is 0.333. The molecule has 0 unspecified atom stereocenters. The Morgan fingerprint density at radius 3 is 2.75 bits per heavy atom. The zero-order chi connectivity index (χ0) is 16.5. The molecule has 0 spiro atoms. The van der Waals surface area contributed by atoms with Crippen LogP contribution >= 0.6 is 0 Å². The van der Waals surface area contributed by atoms with Gasteiger partial charge in [-0.05, 0) is 31.0 Å². The molecule has 0 N–H and O–H groups in total. The first-order valence-electron chi connectivity index (χ1n) is 8.19. The largest absolute Gasteiger partial charge is 0.338 e. The Kier molecular flexibility index (Phi) is 3.72. The van der Waals surface area contributed by atoms with E-state index in [2.05, 4.69) is 15.0 Å². The summed E-state index contributed by atoms with van der Waals surface area (Å²) >= 11 is 0. The van der Waals surface area contributed by atoms with E-state index in [4.69, 9.17) is 0 Å². The van der Waals surface area contributed by atoms with Crippen molar-refractivity contribution < 1.29 is 4.79 Å². The summed E-state index contributed by atoms with van der Waals surface area (Å²) in [5, 5.41) is 0. The van der Waals surface area contributed by atoms with Crippen molar-refractivity contribution in [2.24, 2.45) is 7.05 Å². The normalized spacial score (nSPS) is 18.0. The lowest BCUT2D eigenvalue weighted by molar-refractivity contribution is 0.0703. The van der Waals surface area contributed by atoms with Crippen molar-refractivity contribution in [1.82, 2.24) is 24.4 Å². The van der Waals surface area contributed by atoms with E-state index in [-0.39, 0.29) is 5.91 Å². The highest BCUT2D eigenvalue weighted by Crippen LogP contribution is 2.26. The molecule has 4 rings (SSSR count). The van der Waals surface area contributed by atoms with E-state index in [0.29, 0.717) is 18.0 Å². The summed E-state index contributed by atoms with van der Waals surface area (Å²) in [6.07, 6.45) is 9.14. The highest BCUT2D eigenvalue weighted by molar-refractivity contribution is 5.97. The molecule has 1 aliphatic heterocycles. The lowest BCUT2D eigenvalue weighted by Crippen LogP contribution is -2.39. The number of aromatic nitrogens is 4. The van der Waals surface area contributed by atoms with E-state index in [1.54, 1.807) is 12.4 Å². The summed E-state index contributed by atoms with van der Waals surface area (Å²) in [7, 11) is 2.01. The molecule has 0 saturated carbocycles. The number of hydrogen-bond donors (Lipinski definition) is 0. The van der Waals surface area contributed by atoms with Gasteiger partial charge in [-0.2, -0.15) is 0 Å². The molecule has 0 radical (unpaired) electrons. The van der Waals surface area contributed by atoms with Gasteiger partial charge >= 0.3 is 0 Å². The second kappa shape index (κ2) is 6.03. The Morgan fingerprint density at radius 1 is 1.12 bits per heavy atom. The fourth-order valence-electron chi connectivity index (χ4n) is 3.42. The minimum absolute atomic E-state index is 0.0569. The summed E-state index contributed by atoms with van der Waals surface area (Å²) in [6, 6.07) is 5.52. The molecule has 1 atom stereocenters. The summed E-state index contributed by atoms with van der Waals surface area (Å²) in [6.45, 7) is 1.50. The lowest BCUT2D eigenvalue weighted by atomic mass is 9.96. The third kappa shape index (κ3) is 2.64. The van der Waals surface area contributed by atoms with Crippen LogP contribution in [-0.4, -0.2) is 43.4 Å². The summed E-state index contributed by atoms with van der Waals surface area (Å²) < 4.78 is 2.05. The molecule has 1 aliphatic rings. The van der Waals surface area contributed by atoms with Gasteiger partial charge in [0.25, 0.3) is 5.91 Å². The third-order valence-corrected chi connectivity index (χ3v) is 4.65. The number of fused-ring (bicyclic) bond motifs is 1. The first-order valence-corrected chi connectivity index (χ1v) is 8.19. The van der Waals surface area contributed by atoms with Gasteiger partial charge in [-0.25, -0.2) is 4.98 Å². The number of nitrogens with zero attached hydrogens (tertiary/aromatic N) is 5. The van der Waals surface area contributed by atoms with E-state index >= 15 is 0 Å². The Labute approximate surface area is 140 Å². The number of imidazole rings is 1. The van der Waals surface area contributed by atoms with E-state index in [9.17, 15) is 4.79 Å². The SMILES string of the molecule is Cn1ccnc1[C@H]1CCCN(C(=O)c2ccc3nccnc3c2)C1.